The molecule has 102 valence electrons. The standard InChI is InChI=1S/C16H15NO2S/c1-2-19-15-7-9-16(10-8-15)20(18)12-14-5-3-13(11-17)4-6-14/h3-10H,2,12H2,1H3/t20-/m1/s1. The fourth-order valence-corrected chi connectivity index (χ4v) is 2.87. The number of rotatable bonds is 5. The van der Waals surface area contributed by atoms with Gasteiger partial charge in [-0.25, -0.2) is 0 Å². The predicted molar refractivity (Wildman–Crippen MR) is 78.9 cm³/mol. The molecule has 0 saturated carbocycles. The van der Waals surface area contributed by atoms with Crippen LogP contribution in [0.25, 0.3) is 0 Å². The first-order valence-electron chi connectivity index (χ1n) is 6.33. The van der Waals surface area contributed by atoms with Crippen LogP contribution in [0.4, 0.5) is 0 Å². The molecule has 0 fully saturated rings. The topological polar surface area (TPSA) is 50.1 Å². The van der Waals surface area contributed by atoms with Crippen molar-refractivity contribution < 1.29 is 8.95 Å². The summed E-state index contributed by atoms with van der Waals surface area (Å²) in [4.78, 5) is 0.776. The van der Waals surface area contributed by atoms with Crippen molar-refractivity contribution in [2.45, 2.75) is 17.6 Å². The molecule has 3 nitrogen and oxygen atoms in total. The summed E-state index contributed by atoms with van der Waals surface area (Å²) in [5, 5.41) is 8.74. The molecule has 0 radical (unpaired) electrons. The summed E-state index contributed by atoms with van der Waals surface area (Å²) in [5.74, 6) is 1.23. The van der Waals surface area contributed by atoms with Gasteiger partial charge in [0, 0.05) is 4.90 Å². The van der Waals surface area contributed by atoms with Crippen LogP contribution >= 0.6 is 0 Å². The number of ether oxygens (including phenoxy) is 1. The summed E-state index contributed by atoms with van der Waals surface area (Å²) >= 11 is 0. The number of hydrogen-bond acceptors (Lipinski definition) is 3. The van der Waals surface area contributed by atoms with Crippen molar-refractivity contribution in [2.75, 3.05) is 6.61 Å². The Morgan fingerprint density at radius 2 is 1.75 bits per heavy atom. The average Bonchev–Trinajstić information content (AvgIpc) is 2.49. The lowest BCUT2D eigenvalue weighted by Crippen LogP contribution is -1.97. The van der Waals surface area contributed by atoms with Gasteiger partial charge in [0.15, 0.2) is 0 Å². The minimum Gasteiger partial charge on any atom is -0.494 e. The highest BCUT2D eigenvalue weighted by Crippen LogP contribution is 2.17. The first-order valence-corrected chi connectivity index (χ1v) is 7.65. The Morgan fingerprint density at radius 1 is 1.10 bits per heavy atom. The Balaban J connectivity index is 2.05. The molecule has 2 rings (SSSR count). The Kier molecular flexibility index (Phi) is 4.91. The van der Waals surface area contributed by atoms with Gasteiger partial charge in [0.25, 0.3) is 0 Å². The zero-order valence-corrected chi connectivity index (χ0v) is 12.0. The minimum atomic E-state index is -1.09. The Morgan fingerprint density at radius 3 is 2.30 bits per heavy atom. The van der Waals surface area contributed by atoms with Gasteiger partial charge in [-0.3, -0.25) is 4.21 Å². The molecule has 0 heterocycles. The zero-order chi connectivity index (χ0) is 14.4. The lowest BCUT2D eigenvalue weighted by molar-refractivity contribution is 0.340. The molecule has 2 aromatic rings. The number of benzene rings is 2. The lowest BCUT2D eigenvalue weighted by atomic mass is 10.2. The van der Waals surface area contributed by atoms with E-state index in [9.17, 15) is 4.21 Å². The molecule has 0 spiro atoms. The predicted octanol–water partition coefficient (Wildman–Crippen LogP) is 3.26. The summed E-state index contributed by atoms with van der Waals surface area (Å²) in [6, 6.07) is 16.5. The molecule has 1 atom stereocenters. The molecule has 0 aliphatic carbocycles. The number of nitriles is 1. The first-order chi connectivity index (χ1) is 9.72. The van der Waals surface area contributed by atoms with E-state index in [1.807, 2.05) is 43.3 Å². The van der Waals surface area contributed by atoms with Gasteiger partial charge in [-0.15, -0.1) is 0 Å². The van der Waals surface area contributed by atoms with Crippen LogP contribution in [0.2, 0.25) is 0 Å². The van der Waals surface area contributed by atoms with Crippen LogP contribution < -0.4 is 4.74 Å². The summed E-state index contributed by atoms with van der Waals surface area (Å²) in [5.41, 5.74) is 1.57. The number of hydrogen-bond donors (Lipinski definition) is 0. The molecule has 20 heavy (non-hydrogen) atoms. The largest absolute Gasteiger partial charge is 0.494 e. The van der Waals surface area contributed by atoms with E-state index in [1.54, 1.807) is 12.1 Å². The third-order valence-corrected chi connectivity index (χ3v) is 4.17. The molecule has 0 aliphatic rings. The minimum absolute atomic E-state index is 0.444. The average molecular weight is 285 g/mol. The monoisotopic (exact) mass is 285 g/mol. The van der Waals surface area contributed by atoms with Crippen molar-refractivity contribution >= 4 is 10.8 Å². The fourth-order valence-electron chi connectivity index (χ4n) is 1.76. The third-order valence-electron chi connectivity index (χ3n) is 2.78. The lowest BCUT2D eigenvalue weighted by Gasteiger charge is -2.05. The van der Waals surface area contributed by atoms with Crippen molar-refractivity contribution in [3.8, 4) is 11.8 Å². The first kappa shape index (κ1) is 14.3. The molecule has 0 bridgehead atoms. The Labute approximate surface area is 121 Å². The molecule has 0 saturated heterocycles. The van der Waals surface area contributed by atoms with Crippen LogP contribution in [0.3, 0.4) is 0 Å². The fraction of sp³-hybridized carbons (Fsp3) is 0.188. The van der Waals surface area contributed by atoms with Gasteiger partial charge in [-0.1, -0.05) is 12.1 Å². The van der Waals surface area contributed by atoms with Gasteiger partial charge in [-0.2, -0.15) is 5.26 Å². The summed E-state index contributed by atoms with van der Waals surface area (Å²) in [6.07, 6.45) is 0. The van der Waals surface area contributed by atoms with Crippen LogP contribution in [0.1, 0.15) is 18.1 Å². The van der Waals surface area contributed by atoms with Crippen molar-refractivity contribution in [3.05, 3.63) is 59.7 Å². The van der Waals surface area contributed by atoms with E-state index < -0.39 is 10.8 Å². The van der Waals surface area contributed by atoms with Gasteiger partial charge in [0.2, 0.25) is 0 Å². The van der Waals surface area contributed by atoms with Crippen LogP contribution in [0.15, 0.2) is 53.4 Å². The van der Waals surface area contributed by atoms with E-state index in [0.29, 0.717) is 17.9 Å². The second-order valence-electron chi connectivity index (χ2n) is 4.20. The smallest absolute Gasteiger partial charge is 0.119 e. The molecule has 2 aromatic carbocycles. The van der Waals surface area contributed by atoms with E-state index in [0.717, 1.165) is 16.2 Å². The van der Waals surface area contributed by atoms with Crippen LogP contribution in [-0.2, 0) is 16.6 Å². The van der Waals surface area contributed by atoms with Gasteiger partial charge in [0.1, 0.15) is 5.75 Å². The van der Waals surface area contributed by atoms with Crippen molar-refractivity contribution in [1.82, 2.24) is 0 Å². The Hall–Kier alpha value is -2.12. The zero-order valence-electron chi connectivity index (χ0n) is 11.2. The van der Waals surface area contributed by atoms with Gasteiger partial charge in [-0.05, 0) is 48.9 Å². The SMILES string of the molecule is CCOc1ccc([S@](=O)Cc2ccc(C#N)cc2)cc1. The molecular weight excluding hydrogens is 270 g/mol. The maximum Gasteiger partial charge on any atom is 0.119 e. The second kappa shape index (κ2) is 6.88. The molecule has 0 aromatic heterocycles. The van der Waals surface area contributed by atoms with E-state index >= 15 is 0 Å². The normalized spacial score (nSPS) is 11.6. The molecule has 0 amide bonds. The highest BCUT2D eigenvalue weighted by atomic mass is 32.2. The van der Waals surface area contributed by atoms with Gasteiger partial charge < -0.3 is 4.74 Å². The molecule has 4 heteroatoms. The molecule has 0 N–H and O–H groups in total. The maximum absolute atomic E-state index is 12.2. The summed E-state index contributed by atoms with van der Waals surface area (Å²) in [7, 11) is -1.09. The second-order valence-corrected chi connectivity index (χ2v) is 5.65. The van der Waals surface area contributed by atoms with E-state index in [1.165, 1.54) is 0 Å². The molecular formula is C16H15NO2S. The van der Waals surface area contributed by atoms with Gasteiger partial charge in [0.05, 0.1) is 34.8 Å². The van der Waals surface area contributed by atoms with E-state index in [2.05, 4.69) is 6.07 Å². The highest BCUT2D eigenvalue weighted by Gasteiger charge is 2.05. The van der Waals surface area contributed by atoms with Gasteiger partial charge >= 0.3 is 0 Å². The van der Waals surface area contributed by atoms with E-state index in [4.69, 9.17) is 10.00 Å². The summed E-state index contributed by atoms with van der Waals surface area (Å²) < 4.78 is 17.6. The van der Waals surface area contributed by atoms with Crippen LogP contribution in [0.5, 0.6) is 5.75 Å². The van der Waals surface area contributed by atoms with Crippen molar-refractivity contribution in [1.29, 1.82) is 5.26 Å². The molecule has 0 unspecified atom stereocenters. The third kappa shape index (κ3) is 3.69. The van der Waals surface area contributed by atoms with Crippen molar-refractivity contribution in [3.63, 3.8) is 0 Å². The highest BCUT2D eigenvalue weighted by molar-refractivity contribution is 7.84. The molecule has 0 aliphatic heterocycles. The van der Waals surface area contributed by atoms with Crippen molar-refractivity contribution in [2.24, 2.45) is 0 Å². The summed E-state index contributed by atoms with van der Waals surface area (Å²) in [6.45, 7) is 2.55. The van der Waals surface area contributed by atoms with E-state index in [-0.39, 0.29) is 0 Å². The quantitative estimate of drug-likeness (QED) is 0.847. The number of nitrogens with zero attached hydrogens (tertiary/aromatic N) is 1. The van der Waals surface area contributed by atoms with Crippen LogP contribution in [0, 0.1) is 11.3 Å². The Bertz CT molecular complexity index is 627. The maximum atomic E-state index is 12.2. The van der Waals surface area contributed by atoms with Crippen LogP contribution in [-0.4, -0.2) is 10.8 Å².